The molecule has 0 saturated heterocycles. The maximum absolute atomic E-state index is 13.2. The van der Waals surface area contributed by atoms with Crippen molar-refractivity contribution in [1.29, 1.82) is 0 Å². The molecule has 1 aromatic rings. The van der Waals surface area contributed by atoms with Gasteiger partial charge in [0.25, 0.3) is 0 Å². The molecule has 0 bridgehead atoms. The monoisotopic (exact) mass is 459 g/mol. The third-order valence-corrected chi connectivity index (χ3v) is 7.03. The summed E-state index contributed by atoms with van der Waals surface area (Å²) in [6, 6.07) is 4.01. The maximum atomic E-state index is 13.2. The van der Waals surface area contributed by atoms with E-state index >= 15 is 0 Å². The summed E-state index contributed by atoms with van der Waals surface area (Å²) in [5.74, 6) is 1.12. The maximum Gasteiger partial charge on any atom is 0.184 e. The fourth-order valence-corrected chi connectivity index (χ4v) is 5.05. The molecule has 4 heteroatoms. The van der Waals surface area contributed by atoms with Gasteiger partial charge >= 0.3 is 0 Å². The number of hydrogen-bond donors (Lipinski definition) is 0. The number of hydrogen-bond acceptors (Lipinski definition) is 3. The molecular weight excluding hydrogens is 426 g/mol. The Bertz CT molecular complexity index is 781. The summed E-state index contributed by atoms with van der Waals surface area (Å²) in [5.41, 5.74) is 4.05. The van der Waals surface area contributed by atoms with Crippen LogP contribution in [-0.2, 0) is 9.53 Å². The van der Waals surface area contributed by atoms with E-state index in [-0.39, 0.29) is 17.5 Å². The van der Waals surface area contributed by atoms with Gasteiger partial charge in [-0.2, -0.15) is 0 Å². The van der Waals surface area contributed by atoms with Gasteiger partial charge in [-0.15, -0.1) is 0 Å². The summed E-state index contributed by atoms with van der Waals surface area (Å²) in [6.07, 6.45) is 11.9. The molecule has 0 amide bonds. The zero-order chi connectivity index (χ0) is 21.0. The fourth-order valence-electron chi connectivity index (χ4n) is 4.65. The first-order valence-corrected chi connectivity index (χ1v) is 12.1. The van der Waals surface area contributed by atoms with Gasteiger partial charge in [0.05, 0.1) is 11.7 Å². The van der Waals surface area contributed by atoms with Crippen molar-refractivity contribution in [2.75, 3.05) is 5.33 Å². The van der Waals surface area contributed by atoms with Crippen molar-refractivity contribution < 1.29 is 9.53 Å². The van der Waals surface area contributed by atoms with E-state index in [0.717, 1.165) is 34.9 Å². The lowest BCUT2D eigenvalue weighted by Crippen LogP contribution is -2.41. The number of halogens is 1. The average Bonchev–Trinajstić information content (AvgIpc) is 2.69. The fraction of sp³-hybridized carbons (Fsp3) is 0.600. The zero-order valence-electron chi connectivity index (χ0n) is 18.2. The molecule has 0 radical (unpaired) electrons. The van der Waals surface area contributed by atoms with Gasteiger partial charge in [0.2, 0.25) is 0 Å². The van der Waals surface area contributed by atoms with E-state index in [1.54, 1.807) is 12.4 Å². The van der Waals surface area contributed by atoms with Crippen molar-refractivity contribution in [2.45, 2.75) is 77.9 Å². The number of fused-ring (bicyclic) bond motifs is 1. The van der Waals surface area contributed by atoms with Crippen LogP contribution in [0.2, 0.25) is 0 Å². The van der Waals surface area contributed by atoms with E-state index in [9.17, 15) is 4.79 Å². The number of carbonyl (C=O) groups excluding carboxylic acids is 1. The Labute approximate surface area is 184 Å². The van der Waals surface area contributed by atoms with Crippen molar-refractivity contribution in [1.82, 2.24) is 4.98 Å². The molecule has 158 valence electrons. The standard InChI is InChI=1S/C25H34BrNO2/c1-17(8-6-5-7-11-26)18(2)20-14-22(28)24-21(19-9-12-27-13-10-19)16-25(3,4)29-23(24)15-20/h9-10,12-14,17-18,23H,5-8,11,15-16H2,1-4H3. The number of ether oxygens (including phenoxy) is 1. The number of aromatic nitrogens is 1. The molecule has 0 saturated carbocycles. The van der Waals surface area contributed by atoms with E-state index in [4.69, 9.17) is 4.74 Å². The van der Waals surface area contributed by atoms with Crippen LogP contribution < -0.4 is 0 Å². The van der Waals surface area contributed by atoms with E-state index in [0.29, 0.717) is 11.8 Å². The zero-order valence-corrected chi connectivity index (χ0v) is 19.8. The lowest BCUT2D eigenvalue weighted by Gasteiger charge is -2.41. The molecule has 1 aliphatic carbocycles. The largest absolute Gasteiger partial charge is 0.367 e. The number of unbranched alkanes of at least 4 members (excludes halogenated alkanes) is 2. The average molecular weight is 460 g/mol. The van der Waals surface area contributed by atoms with Gasteiger partial charge < -0.3 is 4.74 Å². The van der Waals surface area contributed by atoms with Crippen LogP contribution in [0, 0.1) is 11.8 Å². The molecule has 2 aliphatic rings. The number of carbonyl (C=O) groups is 1. The number of alkyl halides is 1. The highest BCUT2D eigenvalue weighted by atomic mass is 79.9. The second-order valence-electron chi connectivity index (χ2n) is 9.26. The Balaban J connectivity index is 1.84. The van der Waals surface area contributed by atoms with Crippen molar-refractivity contribution in [2.24, 2.45) is 11.8 Å². The van der Waals surface area contributed by atoms with E-state index < -0.39 is 0 Å². The van der Waals surface area contributed by atoms with Gasteiger partial charge in [0.15, 0.2) is 5.78 Å². The second-order valence-corrected chi connectivity index (χ2v) is 10.1. The smallest absolute Gasteiger partial charge is 0.184 e. The van der Waals surface area contributed by atoms with E-state index in [1.807, 2.05) is 18.2 Å². The summed E-state index contributed by atoms with van der Waals surface area (Å²) < 4.78 is 6.43. The van der Waals surface area contributed by atoms with E-state index in [2.05, 4.69) is 48.6 Å². The molecule has 1 aromatic heterocycles. The summed E-state index contributed by atoms with van der Waals surface area (Å²) in [7, 11) is 0. The van der Waals surface area contributed by atoms with Crippen LogP contribution in [0.1, 0.15) is 71.8 Å². The van der Waals surface area contributed by atoms with Crippen LogP contribution in [0.4, 0.5) is 0 Å². The van der Waals surface area contributed by atoms with Gasteiger partial charge in [-0.25, -0.2) is 0 Å². The summed E-state index contributed by atoms with van der Waals surface area (Å²) in [4.78, 5) is 17.4. The van der Waals surface area contributed by atoms with Crippen molar-refractivity contribution in [3.8, 4) is 0 Å². The van der Waals surface area contributed by atoms with Gasteiger partial charge in [0, 0.05) is 29.7 Å². The number of nitrogens with zero attached hydrogens (tertiary/aromatic N) is 1. The Morgan fingerprint density at radius 1 is 1.21 bits per heavy atom. The molecule has 3 rings (SSSR count). The molecule has 3 unspecified atom stereocenters. The molecule has 3 nitrogen and oxygen atoms in total. The van der Waals surface area contributed by atoms with Crippen LogP contribution in [0.5, 0.6) is 0 Å². The first-order valence-electron chi connectivity index (χ1n) is 10.9. The van der Waals surface area contributed by atoms with Crippen LogP contribution in [0.15, 0.2) is 41.7 Å². The highest BCUT2D eigenvalue weighted by Gasteiger charge is 2.40. The molecule has 0 spiro atoms. The van der Waals surface area contributed by atoms with Crippen LogP contribution in [-0.4, -0.2) is 27.8 Å². The lowest BCUT2D eigenvalue weighted by atomic mass is 9.74. The molecule has 2 heterocycles. The Morgan fingerprint density at radius 3 is 2.62 bits per heavy atom. The minimum atomic E-state index is -0.278. The molecular formula is C25H34BrNO2. The van der Waals surface area contributed by atoms with Crippen LogP contribution in [0.3, 0.4) is 0 Å². The number of ketones is 1. The quantitative estimate of drug-likeness (QED) is 0.327. The summed E-state index contributed by atoms with van der Waals surface area (Å²) in [5, 5.41) is 1.08. The molecule has 0 aromatic carbocycles. The van der Waals surface area contributed by atoms with E-state index in [1.165, 1.54) is 31.3 Å². The molecule has 3 atom stereocenters. The van der Waals surface area contributed by atoms with Gasteiger partial charge in [-0.1, -0.05) is 54.6 Å². The van der Waals surface area contributed by atoms with Crippen molar-refractivity contribution in [3.63, 3.8) is 0 Å². The van der Waals surface area contributed by atoms with Crippen LogP contribution in [0.25, 0.3) is 5.57 Å². The highest BCUT2D eigenvalue weighted by molar-refractivity contribution is 9.09. The topological polar surface area (TPSA) is 39.2 Å². The van der Waals surface area contributed by atoms with Crippen molar-refractivity contribution >= 4 is 27.3 Å². The number of pyridine rings is 1. The third-order valence-electron chi connectivity index (χ3n) is 6.47. The Hall–Kier alpha value is -1.26. The van der Waals surface area contributed by atoms with Gasteiger partial charge in [-0.05, 0) is 67.9 Å². The third kappa shape index (κ3) is 5.46. The molecule has 1 aliphatic heterocycles. The molecule has 0 N–H and O–H groups in total. The molecule has 29 heavy (non-hydrogen) atoms. The minimum absolute atomic E-state index is 0.136. The van der Waals surface area contributed by atoms with Gasteiger partial charge in [-0.3, -0.25) is 9.78 Å². The highest BCUT2D eigenvalue weighted by Crippen LogP contribution is 2.44. The SMILES string of the molecule is CC(CCCCCBr)C(C)C1=CC(=O)C2=C(c3ccncc3)CC(C)(C)OC2C1. The van der Waals surface area contributed by atoms with Crippen LogP contribution >= 0.6 is 15.9 Å². The Kier molecular flexibility index (Phi) is 7.50. The Morgan fingerprint density at radius 2 is 1.93 bits per heavy atom. The predicted molar refractivity (Wildman–Crippen MR) is 123 cm³/mol. The first kappa shape index (κ1) is 22.4. The lowest BCUT2D eigenvalue weighted by molar-refractivity contribution is -0.116. The van der Waals surface area contributed by atoms with Crippen molar-refractivity contribution in [3.05, 3.63) is 47.3 Å². The summed E-state index contributed by atoms with van der Waals surface area (Å²) in [6.45, 7) is 8.86. The molecule has 0 fully saturated rings. The predicted octanol–water partition coefficient (Wildman–Crippen LogP) is 6.53. The van der Waals surface area contributed by atoms with Gasteiger partial charge in [0.1, 0.15) is 0 Å². The second kappa shape index (κ2) is 9.70. The number of rotatable bonds is 8. The summed E-state index contributed by atoms with van der Waals surface area (Å²) >= 11 is 3.51. The number of allylic oxidation sites excluding steroid dienone is 1. The normalized spacial score (nSPS) is 23.4. The first-order chi connectivity index (χ1) is 13.8. The minimum Gasteiger partial charge on any atom is -0.367 e.